The Morgan fingerprint density at radius 3 is 2.27 bits per heavy atom. The highest BCUT2D eigenvalue weighted by Gasteiger charge is 1.99. The van der Waals surface area contributed by atoms with E-state index in [4.69, 9.17) is 0 Å². The highest BCUT2D eigenvalue weighted by Crippen LogP contribution is 1.96. The van der Waals surface area contributed by atoms with Crippen LogP contribution in [0.1, 0.15) is 19.3 Å². The number of sulfone groups is 1. The van der Waals surface area contributed by atoms with Gasteiger partial charge in [0, 0.05) is 12.0 Å². The van der Waals surface area contributed by atoms with Crippen LogP contribution in [-0.2, 0) is 9.84 Å². The van der Waals surface area contributed by atoms with Crippen LogP contribution < -0.4 is 5.32 Å². The second-order valence-electron chi connectivity index (χ2n) is 2.79. The minimum Gasteiger partial charge on any atom is -0.320 e. The topological polar surface area (TPSA) is 46.2 Å². The van der Waals surface area contributed by atoms with E-state index in [9.17, 15) is 8.42 Å². The van der Waals surface area contributed by atoms with Crippen molar-refractivity contribution in [2.45, 2.75) is 19.3 Å². The fraction of sp³-hybridized carbons (Fsp3) is 1.00. The largest absolute Gasteiger partial charge is 0.320 e. The molecule has 0 radical (unpaired) electrons. The van der Waals surface area contributed by atoms with Crippen LogP contribution in [0.2, 0.25) is 0 Å². The summed E-state index contributed by atoms with van der Waals surface area (Å²) in [7, 11) is -0.832. The fourth-order valence-corrected chi connectivity index (χ4v) is 1.57. The summed E-state index contributed by atoms with van der Waals surface area (Å²) < 4.78 is 21.3. The van der Waals surface area contributed by atoms with Gasteiger partial charge < -0.3 is 5.32 Å². The van der Waals surface area contributed by atoms with Gasteiger partial charge in [-0.3, -0.25) is 0 Å². The van der Waals surface area contributed by atoms with Crippen molar-refractivity contribution in [3.63, 3.8) is 0 Å². The third-order valence-electron chi connectivity index (χ3n) is 1.44. The van der Waals surface area contributed by atoms with E-state index in [1.807, 2.05) is 7.05 Å². The van der Waals surface area contributed by atoms with Crippen LogP contribution in [-0.4, -0.2) is 34.0 Å². The molecule has 0 saturated carbocycles. The third kappa shape index (κ3) is 9.91. The average Bonchev–Trinajstić information content (AvgIpc) is 1.85. The molecule has 0 heterocycles. The molecular weight excluding hydrogens is 162 g/mol. The number of rotatable bonds is 6. The molecule has 0 amide bonds. The van der Waals surface area contributed by atoms with Crippen molar-refractivity contribution >= 4 is 9.84 Å². The second-order valence-corrected chi connectivity index (χ2v) is 5.05. The van der Waals surface area contributed by atoms with Gasteiger partial charge in [0.15, 0.2) is 0 Å². The van der Waals surface area contributed by atoms with E-state index in [0.717, 1.165) is 25.8 Å². The molecule has 0 unspecified atom stereocenters. The minimum absolute atomic E-state index is 0.330. The second kappa shape index (κ2) is 5.55. The minimum atomic E-state index is -2.73. The molecular formula is C7H17NO2S. The van der Waals surface area contributed by atoms with Gasteiger partial charge >= 0.3 is 0 Å². The monoisotopic (exact) mass is 179 g/mol. The smallest absolute Gasteiger partial charge is 0.147 e. The van der Waals surface area contributed by atoms with Gasteiger partial charge in [0.2, 0.25) is 0 Å². The summed E-state index contributed by atoms with van der Waals surface area (Å²) in [4.78, 5) is 0. The molecule has 0 spiro atoms. The van der Waals surface area contributed by atoms with E-state index >= 15 is 0 Å². The van der Waals surface area contributed by atoms with Crippen molar-refractivity contribution in [1.29, 1.82) is 0 Å². The van der Waals surface area contributed by atoms with E-state index in [1.54, 1.807) is 0 Å². The van der Waals surface area contributed by atoms with E-state index in [0.29, 0.717) is 5.75 Å². The quantitative estimate of drug-likeness (QED) is 0.601. The zero-order chi connectivity index (χ0) is 8.74. The maximum atomic E-state index is 10.6. The highest BCUT2D eigenvalue weighted by atomic mass is 32.2. The van der Waals surface area contributed by atoms with Gasteiger partial charge in [-0.15, -0.1) is 0 Å². The number of hydrogen-bond acceptors (Lipinski definition) is 3. The van der Waals surface area contributed by atoms with Crippen LogP contribution >= 0.6 is 0 Å². The predicted octanol–water partition coefficient (Wildman–Crippen LogP) is 0.421. The number of hydrogen-bond donors (Lipinski definition) is 1. The SMILES string of the molecule is CNCCCCCS(C)(=O)=O. The summed E-state index contributed by atoms with van der Waals surface area (Å²) in [5.41, 5.74) is 0. The molecule has 0 atom stereocenters. The van der Waals surface area contributed by atoms with Crippen molar-refractivity contribution in [3.05, 3.63) is 0 Å². The van der Waals surface area contributed by atoms with Gasteiger partial charge in [-0.1, -0.05) is 6.42 Å². The summed E-state index contributed by atoms with van der Waals surface area (Å²) in [6, 6.07) is 0. The predicted molar refractivity (Wildman–Crippen MR) is 47.5 cm³/mol. The van der Waals surface area contributed by atoms with Crippen LogP contribution in [0.5, 0.6) is 0 Å². The maximum absolute atomic E-state index is 10.6. The van der Waals surface area contributed by atoms with Gasteiger partial charge in [0.05, 0.1) is 0 Å². The molecule has 0 aromatic heterocycles. The Balaban J connectivity index is 3.16. The lowest BCUT2D eigenvalue weighted by molar-refractivity contribution is 0.593. The summed E-state index contributed by atoms with van der Waals surface area (Å²) in [6.07, 6.45) is 4.13. The fourth-order valence-electron chi connectivity index (χ4n) is 0.843. The van der Waals surface area contributed by atoms with Crippen LogP contribution in [0, 0.1) is 0 Å². The van der Waals surface area contributed by atoms with Crippen molar-refractivity contribution in [2.24, 2.45) is 0 Å². The summed E-state index contributed by atoms with van der Waals surface area (Å²) >= 11 is 0. The van der Waals surface area contributed by atoms with Crippen LogP contribution in [0.25, 0.3) is 0 Å². The van der Waals surface area contributed by atoms with Crippen molar-refractivity contribution < 1.29 is 8.42 Å². The van der Waals surface area contributed by atoms with Gasteiger partial charge in [-0.25, -0.2) is 8.42 Å². The molecule has 4 heteroatoms. The summed E-state index contributed by atoms with van der Waals surface area (Å²) in [5, 5.41) is 3.02. The Labute approximate surface area is 69.1 Å². The highest BCUT2D eigenvalue weighted by molar-refractivity contribution is 7.90. The van der Waals surface area contributed by atoms with Gasteiger partial charge in [-0.2, -0.15) is 0 Å². The van der Waals surface area contributed by atoms with E-state index in [1.165, 1.54) is 6.26 Å². The first-order chi connectivity index (χ1) is 5.06. The lowest BCUT2D eigenvalue weighted by Crippen LogP contribution is -2.08. The molecule has 0 aliphatic heterocycles. The Bertz CT molecular complexity index is 175. The molecule has 1 N–H and O–H groups in total. The lowest BCUT2D eigenvalue weighted by Gasteiger charge is -1.98. The van der Waals surface area contributed by atoms with Crippen LogP contribution in [0.15, 0.2) is 0 Å². The first-order valence-electron chi connectivity index (χ1n) is 3.88. The molecule has 11 heavy (non-hydrogen) atoms. The maximum Gasteiger partial charge on any atom is 0.147 e. The van der Waals surface area contributed by atoms with Crippen LogP contribution in [0.4, 0.5) is 0 Å². The van der Waals surface area contributed by atoms with E-state index in [-0.39, 0.29) is 0 Å². The van der Waals surface area contributed by atoms with E-state index in [2.05, 4.69) is 5.32 Å². The molecule has 0 bridgehead atoms. The molecule has 3 nitrogen and oxygen atoms in total. The van der Waals surface area contributed by atoms with Gasteiger partial charge in [0.25, 0.3) is 0 Å². The summed E-state index contributed by atoms with van der Waals surface area (Å²) in [5.74, 6) is 0.330. The molecule has 0 aromatic carbocycles. The Kier molecular flexibility index (Phi) is 5.50. The zero-order valence-corrected chi connectivity index (χ0v) is 8.08. The first kappa shape index (κ1) is 10.9. The Hall–Kier alpha value is -0.0900. The van der Waals surface area contributed by atoms with Gasteiger partial charge in [0.1, 0.15) is 9.84 Å². The van der Waals surface area contributed by atoms with Crippen molar-refractivity contribution in [2.75, 3.05) is 25.6 Å². The Morgan fingerprint density at radius 1 is 1.18 bits per heavy atom. The molecule has 0 fully saturated rings. The van der Waals surface area contributed by atoms with E-state index < -0.39 is 9.84 Å². The zero-order valence-electron chi connectivity index (χ0n) is 7.26. The molecule has 0 aliphatic rings. The normalized spacial score (nSPS) is 11.8. The number of unbranched alkanes of at least 4 members (excludes halogenated alkanes) is 2. The molecule has 0 aliphatic carbocycles. The first-order valence-corrected chi connectivity index (χ1v) is 5.94. The molecule has 68 valence electrons. The van der Waals surface area contributed by atoms with Crippen LogP contribution in [0.3, 0.4) is 0 Å². The molecule has 0 rings (SSSR count). The number of nitrogens with one attached hydrogen (secondary N) is 1. The third-order valence-corrected chi connectivity index (χ3v) is 2.47. The molecule has 0 saturated heterocycles. The Morgan fingerprint density at radius 2 is 1.82 bits per heavy atom. The summed E-state index contributed by atoms with van der Waals surface area (Å²) in [6.45, 7) is 0.976. The lowest BCUT2D eigenvalue weighted by atomic mass is 10.2. The molecule has 0 aromatic rings. The van der Waals surface area contributed by atoms with Crippen molar-refractivity contribution in [3.8, 4) is 0 Å². The van der Waals surface area contributed by atoms with Gasteiger partial charge in [-0.05, 0) is 26.4 Å². The standard InChI is InChI=1S/C7H17NO2S/c1-8-6-4-3-5-7-11(2,9)10/h8H,3-7H2,1-2H3. The van der Waals surface area contributed by atoms with Crippen molar-refractivity contribution in [1.82, 2.24) is 5.32 Å². The average molecular weight is 179 g/mol.